The number of methoxy groups -OCH3 is 1. The molecule has 7 nitrogen and oxygen atoms in total. The second kappa shape index (κ2) is 9.06. The summed E-state index contributed by atoms with van der Waals surface area (Å²) in [5, 5.41) is 0. The fraction of sp³-hybridized carbons (Fsp3) is 0.300. The highest BCUT2D eigenvalue weighted by molar-refractivity contribution is 9.10. The summed E-state index contributed by atoms with van der Waals surface area (Å²) in [4.78, 5) is 24.2. The molecule has 0 bridgehead atoms. The number of piperidine rings is 1. The number of benzene rings is 2. The van der Waals surface area contributed by atoms with Crippen molar-refractivity contribution < 1.29 is 27.5 Å². The Morgan fingerprint density at radius 3 is 2.28 bits per heavy atom. The Balaban J connectivity index is 1.68. The zero-order valence-electron chi connectivity index (χ0n) is 15.7. The normalized spacial score (nSPS) is 15.7. The van der Waals surface area contributed by atoms with Gasteiger partial charge in [0.25, 0.3) is 0 Å². The van der Waals surface area contributed by atoms with Crippen LogP contribution in [0.15, 0.2) is 57.9 Å². The lowest BCUT2D eigenvalue weighted by atomic mass is 9.98. The van der Waals surface area contributed by atoms with E-state index in [9.17, 15) is 18.0 Å². The number of carbonyl (C=O) groups is 2. The topological polar surface area (TPSA) is 90.0 Å². The smallest absolute Gasteiger partial charge is 0.339 e. The molecule has 0 aliphatic carbocycles. The maximum absolute atomic E-state index is 13.0. The number of ether oxygens (including phenoxy) is 2. The van der Waals surface area contributed by atoms with Crippen LogP contribution in [0.3, 0.4) is 0 Å². The third-order valence-electron chi connectivity index (χ3n) is 4.73. The van der Waals surface area contributed by atoms with E-state index in [-0.39, 0.29) is 35.4 Å². The number of hydrogen-bond acceptors (Lipinski definition) is 6. The molecular formula is C20H20BrNO6S. The molecule has 0 unspecified atom stereocenters. The fourth-order valence-corrected chi connectivity index (χ4v) is 5.06. The molecule has 1 aliphatic heterocycles. The third kappa shape index (κ3) is 4.85. The summed E-state index contributed by atoms with van der Waals surface area (Å²) in [6.45, 7) is 0.329. The molecule has 29 heavy (non-hydrogen) atoms. The van der Waals surface area contributed by atoms with Gasteiger partial charge in [0.15, 0.2) is 0 Å². The lowest BCUT2D eigenvalue weighted by Gasteiger charge is -2.30. The van der Waals surface area contributed by atoms with Crippen molar-refractivity contribution in [1.29, 1.82) is 0 Å². The van der Waals surface area contributed by atoms with E-state index < -0.39 is 16.0 Å². The summed E-state index contributed by atoms with van der Waals surface area (Å²) in [5.41, 5.74) is -0.00762. The monoisotopic (exact) mass is 481 g/mol. The van der Waals surface area contributed by atoms with Gasteiger partial charge in [0.2, 0.25) is 10.0 Å². The first-order valence-corrected chi connectivity index (χ1v) is 11.2. The molecule has 0 saturated carbocycles. The average molecular weight is 482 g/mol. The van der Waals surface area contributed by atoms with Gasteiger partial charge in [-0.05, 0) is 49.2 Å². The van der Waals surface area contributed by atoms with E-state index in [0.717, 1.165) is 4.47 Å². The van der Waals surface area contributed by atoms with E-state index in [1.807, 2.05) is 0 Å². The molecule has 154 valence electrons. The van der Waals surface area contributed by atoms with Gasteiger partial charge in [-0.3, -0.25) is 4.79 Å². The van der Waals surface area contributed by atoms with Gasteiger partial charge in [-0.1, -0.05) is 28.1 Å². The number of hydrogen-bond donors (Lipinski definition) is 0. The minimum atomic E-state index is -3.89. The van der Waals surface area contributed by atoms with Crippen LogP contribution < -0.4 is 4.74 Å². The summed E-state index contributed by atoms with van der Waals surface area (Å²) < 4.78 is 38.3. The van der Waals surface area contributed by atoms with E-state index in [0.29, 0.717) is 18.6 Å². The Kier molecular flexibility index (Phi) is 6.71. The first kappa shape index (κ1) is 21.5. The van der Waals surface area contributed by atoms with Gasteiger partial charge in [-0.25, -0.2) is 13.2 Å². The molecule has 0 N–H and O–H groups in total. The molecule has 0 atom stereocenters. The van der Waals surface area contributed by atoms with Crippen molar-refractivity contribution in [2.75, 3.05) is 20.2 Å². The molecule has 1 saturated heterocycles. The number of esters is 2. The van der Waals surface area contributed by atoms with Crippen LogP contribution in [0.4, 0.5) is 0 Å². The Morgan fingerprint density at radius 2 is 1.66 bits per heavy atom. The molecule has 2 aromatic carbocycles. The Hall–Kier alpha value is -2.23. The van der Waals surface area contributed by atoms with Crippen molar-refractivity contribution in [2.45, 2.75) is 17.7 Å². The van der Waals surface area contributed by atoms with Gasteiger partial charge in [0, 0.05) is 17.6 Å². The van der Waals surface area contributed by atoms with E-state index in [1.165, 1.54) is 23.5 Å². The first-order valence-electron chi connectivity index (χ1n) is 8.97. The maximum Gasteiger partial charge on any atom is 0.339 e. The molecule has 0 spiro atoms. The number of nitrogens with zero attached hydrogens (tertiary/aromatic N) is 1. The maximum atomic E-state index is 13.0. The van der Waals surface area contributed by atoms with Crippen molar-refractivity contribution in [1.82, 2.24) is 4.31 Å². The van der Waals surface area contributed by atoms with Crippen LogP contribution >= 0.6 is 15.9 Å². The summed E-state index contributed by atoms with van der Waals surface area (Å²) in [7, 11) is -2.68. The van der Waals surface area contributed by atoms with Gasteiger partial charge in [0.1, 0.15) is 5.75 Å². The Morgan fingerprint density at radius 1 is 1.03 bits per heavy atom. The summed E-state index contributed by atoms with van der Waals surface area (Å²) >= 11 is 3.32. The van der Waals surface area contributed by atoms with Gasteiger partial charge < -0.3 is 9.47 Å². The lowest BCUT2D eigenvalue weighted by Crippen LogP contribution is -2.41. The second-order valence-corrected chi connectivity index (χ2v) is 9.36. The summed E-state index contributed by atoms with van der Waals surface area (Å²) in [6, 6.07) is 12.9. The predicted octanol–water partition coefficient (Wildman–Crippen LogP) is 3.24. The van der Waals surface area contributed by atoms with Gasteiger partial charge >= 0.3 is 11.9 Å². The molecule has 1 heterocycles. The minimum absolute atomic E-state index is 0.00762. The molecule has 3 rings (SSSR count). The van der Waals surface area contributed by atoms with Crippen LogP contribution in [0.2, 0.25) is 0 Å². The molecular weight excluding hydrogens is 462 g/mol. The Bertz CT molecular complexity index is 998. The second-order valence-electron chi connectivity index (χ2n) is 6.54. The van der Waals surface area contributed by atoms with Crippen molar-refractivity contribution in [3.05, 3.63) is 58.6 Å². The molecule has 0 radical (unpaired) electrons. The predicted molar refractivity (Wildman–Crippen MR) is 109 cm³/mol. The molecule has 1 aliphatic rings. The number of carbonyl (C=O) groups excluding carboxylic acids is 2. The van der Waals surface area contributed by atoms with E-state index in [4.69, 9.17) is 4.74 Å². The van der Waals surface area contributed by atoms with E-state index >= 15 is 0 Å². The zero-order chi connectivity index (χ0) is 21.0. The zero-order valence-corrected chi connectivity index (χ0v) is 18.1. The minimum Gasteiger partial charge on any atom is -0.465 e. The van der Waals surface area contributed by atoms with Crippen LogP contribution in [0.25, 0.3) is 0 Å². The summed E-state index contributed by atoms with van der Waals surface area (Å²) in [5.74, 6) is -1.03. The van der Waals surface area contributed by atoms with Crippen LogP contribution in [-0.2, 0) is 19.6 Å². The quantitative estimate of drug-likeness (QED) is 0.480. The van der Waals surface area contributed by atoms with Crippen molar-refractivity contribution in [2.24, 2.45) is 5.92 Å². The highest BCUT2D eigenvalue weighted by Crippen LogP contribution is 2.27. The lowest BCUT2D eigenvalue weighted by molar-refractivity contribution is -0.140. The third-order valence-corrected chi connectivity index (χ3v) is 7.21. The van der Waals surface area contributed by atoms with Gasteiger partial charge in [-0.2, -0.15) is 4.31 Å². The van der Waals surface area contributed by atoms with Crippen LogP contribution in [0.5, 0.6) is 5.75 Å². The number of sulfonamides is 1. The molecule has 0 amide bonds. The van der Waals surface area contributed by atoms with Crippen LogP contribution in [0, 0.1) is 5.92 Å². The SMILES string of the molecule is COC(=O)c1ccccc1S(=O)(=O)N1CCC(C(=O)Oc2ccc(Br)cc2)CC1. The van der Waals surface area contributed by atoms with Crippen molar-refractivity contribution in [3.8, 4) is 5.75 Å². The Labute approximate surface area is 177 Å². The van der Waals surface area contributed by atoms with Gasteiger partial charge in [-0.15, -0.1) is 0 Å². The average Bonchev–Trinajstić information content (AvgIpc) is 2.74. The highest BCUT2D eigenvalue weighted by Gasteiger charge is 2.35. The van der Waals surface area contributed by atoms with Crippen LogP contribution in [-0.4, -0.2) is 44.9 Å². The molecule has 1 fully saturated rings. The summed E-state index contributed by atoms with van der Waals surface area (Å²) in [6.07, 6.45) is 0.684. The van der Waals surface area contributed by atoms with Crippen molar-refractivity contribution >= 4 is 37.9 Å². The molecule has 0 aromatic heterocycles. The first-order chi connectivity index (χ1) is 13.8. The van der Waals surface area contributed by atoms with E-state index in [1.54, 1.807) is 36.4 Å². The van der Waals surface area contributed by atoms with E-state index in [2.05, 4.69) is 20.7 Å². The molecule has 2 aromatic rings. The highest BCUT2D eigenvalue weighted by atomic mass is 79.9. The standard InChI is InChI=1S/C20H20BrNO6S/c1-27-20(24)17-4-2-3-5-18(17)29(25,26)22-12-10-14(11-13-22)19(23)28-16-8-6-15(21)7-9-16/h2-9,14H,10-13H2,1H3. The van der Waals surface area contributed by atoms with Crippen molar-refractivity contribution in [3.63, 3.8) is 0 Å². The fourth-order valence-electron chi connectivity index (χ4n) is 3.14. The number of rotatable bonds is 5. The number of halogens is 1. The van der Waals surface area contributed by atoms with Gasteiger partial charge in [0.05, 0.1) is 23.5 Å². The largest absolute Gasteiger partial charge is 0.465 e. The molecule has 9 heteroatoms. The van der Waals surface area contributed by atoms with Crippen LogP contribution in [0.1, 0.15) is 23.2 Å².